The topological polar surface area (TPSA) is 102 Å². The molecule has 2 N–H and O–H groups in total. The lowest BCUT2D eigenvalue weighted by Crippen LogP contribution is -2.34. The van der Waals surface area contributed by atoms with Crippen molar-refractivity contribution in [3.8, 4) is 0 Å². The number of hydrogen-bond donors (Lipinski definition) is 2. The van der Waals surface area contributed by atoms with Crippen molar-refractivity contribution in [3.05, 3.63) is 39.9 Å². The Bertz CT molecular complexity index is 418. The molecule has 0 bridgehead atoms. The van der Waals surface area contributed by atoms with Crippen LogP contribution in [-0.4, -0.2) is 42.3 Å². The lowest BCUT2D eigenvalue weighted by molar-refractivity contribution is -0.384. The van der Waals surface area contributed by atoms with Crippen molar-refractivity contribution < 1.29 is 19.6 Å². The zero-order chi connectivity index (χ0) is 13.5. The third kappa shape index (κ3) is 4.11. The molecule has 0 aliphatic rings. The van der Waals surface area contributed by atoms with Gasteiger partial charge in [-0.2, -0.15) is 0 Å². The van der Waals surface area contributed by atoms with E-state index in [1.54, 1.807) is 0 Å². The second kappa shape index (κ2) is 6.67. The van der Waals surface area contributed by atoms with E-state index < -0.39 is 16.9 Å². The first-order valence-corrected chi connectivity index (χ1v) is 5.24. The molecule has 0 aromatic heterocycles. The molecule has 98 valence electrons. The summed E-state index contributed by atoms with van der Waals surface area (Å²) in [7, 11) is 1.45. The average molecular weight is 254 g/mol. The molecule has 7 heteroatoms. The van der Waals surface area contributed by atoms with Gasteiger partial charge in [-0.25, -0.2) is 0 Å². The molecule has 7 nitrogen and oxygen atoms in total. The summed E-state index contributed by atoms with van der Waals surface area (Å²) in [6, 6.07) is 5.22. The van der Waals surface area contributed by atoms with Crippen LogP contribution in [0.2, 0.25) is 0 Å². The van der Waals surface area contributed by atoms with Gasteiger partial charge in [0.25, 0.3) is 11.6 Å². The molecule has 0 radical (unpaired) electrons. The van der Waals surface area contributed by atoms with Crippen LogP contribution in [0.5, 0.6) is 0 Å². The maximum absolute atomic E-state index is 11.6. The van der Waals surface area contributed by atoms with Gasteiger partial charge < -0.3 is 15.2 Å². The molecule has 0 saturated heterocycles. The van der Waals surface area contributed by atoms with Crippen LogP contribution in [0.1, 0.15) is 10.4 Å². The number of aliphatic hydroxyl groups excluding tert-OH is 1. The van der Waals surface area contributed by atoms with Gasteiger partial charge >= 0.3 is 0 Å². The first kappa shape index (κ1) is 14.1. The van der Waals surface area contributed by atoms with Gasteiger partial charge in [-0.3, -0.25) is 14.9 Å². The normalized spacial score (nSPS) is 11.9. The average Bonchev–Trinajstić information content (AvgIpc) is 2.36. The van der Waals surface area contributed by atoms with Crippen LogP contribution in [-0.2, 0) is 4.74 Å². The molecule has 0 saturated carbocycles. The van der Waals surface area contributed by atoms with Crippen LogP contribution < -0.4 is 5.32 Å². The van der Waals surface area contributed by atoms with Gasteiger partial charge in [0.05, 0.1) is 17.6 Å². The summed E-state index contributed by atoms with van der Waals surface area (Å²) in [6.45, 7) is 0.185. The van der Waals surface area contributed by atoms with Crippen LogP contribution in [0.15, 0.2) is 24.3 Å². The van der Waals surface area contributed by atoms with Crippen molar-refractivity contribution in [1.29, 1.82) is 0 Å². The maximum atomic E-state index is 11.6. The van der Waals surface area contributed by atoms with Crippen molar-refractivity contribution in [1.82, 2.24) is 5.32 Å². The number of nitro groups is 1. The Morgan fingerprint density at radius 3 is 2.61 bits per heavy atom. The van der Waals surface area contributed by atoms with Gasteiger partial charge in [-0.05, 0) is 12.1 Å². The number of benzene rings is 1. The summed E-state index contributed by atoms with van der Waals surface area (Å²) in [4.78, 5) is 21.5. The molecule has 1 aromatic rings. The zero-order valence-electron chi connectivity index (χ0n) is 9.83. The highest BCUT2D eigenvalue weighted by Gasteiger charge is 2.10. The number of ether oxygens (including phenoxy) is 1. The van der Waals surface area contributed by atoms with Crippen molar-refractivity contribution in [2.75, 3.05) is 20.3 Å². The fraction of sp³-hybridized carbons (Fsp3) is 0.364. The molecule has 1 rings (SSSR count). The van der Waals surface area contributed by atoms with E-state index in [-0.39, 0.29) is 18.8 Å². The number of amides is 1. The number of rotatable bonds is 6. The lowest BCUT2D eigenvalue weighted by Gasteiger charge is -2.10. The first-order valence-electron chi connectivity index (χ1n) is 5.24. The number of methoxy groups -OCH3 is 1. The molecule has 0 fully saturated rings. The molecule has 0 spiro atoms. The molecule has 0 aliphatic carbocycles. The molecule has 18 heavy (non-hydrogen) atoms. The van der Waals surface area contributed by atoms with Gasteiger partial charge in [0.2, 0.25) is 0 Å². The minimum atomic E-state index is -0.781. The minimum absolute atomic E-state index is 0.0592. The third-order valence-corrected chi connectivity index (χ3v) is 2.20. The summed E-state index contributed by atoms with van der Waals surface area (Å²) in [5.41, 5.74) is 0.219. The largest absolute Gasteiger partial charge is 0.389 e. The molecule has 0 heterocycles. The molecular formula is C11H14N2O5. The summed E-state index contributed by atoms with van der Waals surface area (Å²) in [6.07, 6.45) is -0.781. The first-order chi connectivity index (χ1) is 8.54. The van der Waals surface area contributed by atoms with E-state index in [1.165, 1.54) is 31.4 Å². The number of aliphatic hydroxyl groups is 1. The van der Waals surface area contributed by atoms with Crippen LogP contribution in [0.25, 0.3) is 0 Å². The van der Waals surface area contributed by atoms with E-state index in [9.17, 15) is 20.0 Å². The number of nitrogens with one attached hydrogen (secondary N) is 1. The zero-order valence-corrected chi connectivity index (χ0v) is 9.83. The molecule has 1 aromatic carbocycles. The Morgan fingerprint density at radius 1 is 1.50 bits per heavy atom. The smallest absolute Gasteiger partial charge is 0.269 e. The maximum Gasteiger partial charge on any atom is 0.269 e. The Morgan fingerprint density at radius 2 is 2.11 bits per heavy atom. The molecule has 1 unspecified atom stereocenters. The van der Waals surface area contributed by atoms with Gasteiger partial charge in [0.1, 0.15) is 0 Å². The monoisotopic (exact) mass is 254 g/mol. The van der Waals surface area contributed by atoms with Crippen molar-refractivity contribution in [2.45, 2.75) is 6.10 Å². The number of nitro benzene ring substituents is 1. The van der Waals surface area contributed by atoms with E-state index in [1.807, 2.05) is 0 Å². The lowest BCUT2D eigenvalue weighted by atomic mass is 10.2. The second-order valence-electron chi connectivity index (χ2n) is 3.62. The van der Waals surface area contributed by atoms with E-state index in [0.717, 1.165) is 0 Å². The minimum Gasteiger partial charge on any atom is -0.389 e. The van der Waals surface area contributed by atoms with E-state index in [2.05, 4.69) is 5.32 Å². The Hall–Kier alpha value is -1.99. The SMILES string of the molecule is COCC(O)CNC(=O)c1ccc([N+](=O)[O-])cc1. The van der Waals surface area contributed by atoms with E-state index in [4.69, 9.17) is 4.74 Å². The van der Waals surface area contributed by atoms with Gasteiger partial charge in [-0.15, -0.1) is 0 Å². The number of carbonyl (C=O) groups is 1. The van der Waals surface area contributed by atoms with Gasteiger partial charge in [0, 0.05) is 31.4 Å². The van der Waals surface area contributed by atoms with Crippen molar-refractivity contribution in [3.63, 3.8) is 0 Å². The highest BCUT2D eigenvalue weighted by atomic mass is 16.6. The molecule has 1 atom stereocenters. The molecular weight excluding hydrogens is 240 g/mol. The van der Waals surface area contributed by atoms with Crippen molar-refractivity contribution in [2.24, 2.45) is 0 Å². The fourth-order valence-electron chi connectivity index (χ4n) is 1.30. The third-order valence-electron chi connectivity index (χ3n) is 2.20. The van der Waals surface area contributed by atoms with Crippen LogP contribution in [0, 0.1) is 10.1 Å². The number of carbonyl (C=O) groups excluding carboxylic acids is 1. The predicted octanol–water partition coefficient (Wildman–Crippen LogP) is 0.332. The highest BCUT2D eigenvalue weighted by molar-refractivity contribution is 5.94. The van der Waals surface area contributed by atoms with Crippen LogP contribution in [0.4, 0.5) is 5.69 Å². The number of hydrogen-bond acceptors (Lipinski definition) is 5. The van der Waals surface area contributed by atoms with Gasteiger partial charge in [0.15, 0.2) is 0 Å². The second-order valence-corrected chi connectivity index (χ2v) is 3.62. The van der Waals surface area contributed by atoms with Crippen LogP contribution in [0.3, 0.4) is 0 Å². The molecule has 1 amide bonds. The standard InChI is InChI=1S/C11H14N2O5/c1-18-7-10(14)6-12-11(15)8-2-4-9(5-3-8)13(16)17/h2-5,10,14H,6-7H2,1H3,(H,12,15). The predicted molar refractivity (Wildman–Crippen MR) is 63.3 cm³/mol. The molecule has 0 aliphatic heterocycles. The Kier molecular flexibility index (Phi) is 5.22. The number of nitrogens with zero attached hydrogens (tertiary/aromatic N) is 1. The van der Waals surface area contributed by atoms with E-state index in [0.29, 0.717) is 5.56 Å². The highest BCUT2D eigenvalue weighted by Crippen LogP contribution is 2.11. The number of non-ortho nitro benzene ring substituents is 1. The van der Waals surface area contributed by atoms with E-state index >= 15 is 0 Å². The summed E-state index contributed by atoms with van der Waals surface area (Å²) >= 11 is 0. The Balaban J connectivity index is 2.54. The quantitative estimate of drug-likeness (QED) is 0.562. The Labute approximate surface area is 104 Å². The summed E-state index contributed by atoms with van der Waals surface area (Å²) in [5, 5.41) is 22.3. The summed E-state index contributed by atoms with van der Waals surface area (Å²) in [5.74, 6) is -0.403. The van der Waals surface area contributed by atoms with Gasteiger partial charge in [-0.1, -0.05) is 0 Å². The summed E-state index contributed by atoms with van der Waals surface area (Å²) < 4.78 is 4.71. The fourth-order valence-corrected chi connectivity index (χ4v) is 1.30. The van der Waals surface area contributed by atoms with Crippen molar-refractivity contribution >= 4 is 11.6 Å². The van der Waals surface area contributed by atoms with Crippen LogP contribution >= 0.6 is 0 Å².